The molecular formula is C34H46F3N4O6+. The summed E-state index contributed by atoms with van der Waals surface area (Å²) in [4.78, 5) is 49.7. The summed E-state index contributed by atoms with van der Waals surface area (Å²) in [6, 6.07) is 0. The van der Waals surface area contributed by atoms with Crippen LogP contribution < -0.4 is 5.73 Å². The van der Waals surface area contributed by atoms with Crippen LogP contribution in [-0.2, 0) is 38.3 Å². The Hall–Kier alpha value is -3.74. The van der Waals surface area contributed by atoms with Crippen molar-refractivity contribution in [3.63, 3.8) is 0 Å². The number of aryl methyl sites for hydroxylation is 1. The number of halogens is 3. The highest BCUT2D eigenvalue weighted by atomic mass is 19.2. The average Bonchev–Trinajstić information content (AvgIpc) is 3.28. The molecule has 2 aromatic rings. The average molecular weight is 664 g/mol. The van der Waals surface area contributed by atoms with E-state index in [2.05, 4.69) is 5.10 Å². The van der Waals surface area contributed by atoms with Crippen LogP contribution in [0, 0.1) is 28.8 Å². The zero-order valence-electron chi connectivity index (χ0n) is 28.3. The third-order valence-electron chi connectivity index (χ3n) is 8.87. The van der Waals surface area contributed by atoms with Gasteiger partial charge in [-0.3, -0.25) is 19.2 Å². The summed E-state index contributed by atoms with van der Waals surface area (Å²) in [6.07, 6.45) is 1.34. The quantitative estimate of drug-likeness (QED) is 0.208. The van der Waals surface area contributed by atoms with Gasteiger partial charge in [-0.1, -0.05) is 20.8 Å². The molecule has 1 aromatic carbocycles. The van der Waals surface area contributed by atoms with E-state index in [1.54, 1.807) is 6.92 Å². The van der Waals surface area contributed by atoms with E-state index in [1.165, 1.54) is 6.92 Å². The van der Waals surface area contributed by atoms with Gasteiger partial charge in [0.1, 0.15) is 18.3 Å². The lowest BCUT2D eigenvalue weighted by molar-refractivity contribution is -0.873. The number of quaternary nitrogens is 1. The molecule has 1 aromatic heterocycles. The number of hydrogen-bond acceptors (Lipinski definition) is 7. The number of nitrogens with zero attached hydrogens (tertiary/aromatic N) is 3. The van der Waals surface area contributed by atoms with E-state index >= 15 is 13.2 Å². The molecule has 0 bridgehead atoms. The number of nitrogens with two attached hydrogens (primary N) is 1. The molecule has 1 unspecified atom stereocenters. The van der Waals surface area contributed by atoms with Crippen LogP contribution in [-0.4, -0.2) is 77.8 Å². The lowest BCUT2D eigenvalue weighted by atomic mass is 9.75. The Morgan fingerprint density at radius 2 is 1.68 bits per heavy atom. The Kier molecular flexibility index (Phi) is 10.6. The number of esters is 2. The highest BCUT2D eigenvalue weighted by Crippen LogP contribution is 2.40. The Morgan fingerprint density at radius 3 is 2.23 bits per heavy atom. The number of hydrogen-bond donors (Lipinski definition) is 1. The molecule has 1 saturated carbocycles. The molecule has 0 aliphatic heterocycles. The minimum absolute atomic E-state index is 0.0977. The predicted octanol–water partition coefficient (Wildman–Crippen LogP) is 4.78. The number of aromatic nitrogens is 2. The van der Waals surface area contributed by atoms with Crippen LogP contribution in [0.5, 0.6) is 0 Å². The zero-order valence-corrected chi connectivity index (χ0v) is 28.3. The van der Waals surface area contributed by atoms with Gasteiger partial charge in [0.2, 0.25) is 0 Å². The van der Waals surface area contributed by atoms with Crippen molar-refractivity contribution >= 4 is 23.6 Å². The monoisotopic (exact) mass is 663 g/mol. The fourth-order valence-corrected chi connectivity index (χ4v) is 6.94. The Balaban J connectivity index is 1.57. The van der Waals surface area contributed by atoms with Gasteiger partial charge in [-0.05, 0) is 56.3 Å². The fraction of sp³-hybridized carbons (Fsp3) is 0.618. The second kappa shape index (κ2) is 13.8. The largest absolute Gasteiger partial charge is 0.462 e. The number of Topliss-reactive ketones (excluding diaryl/α,β-unsaturated/α-hetero) is 1. The van der Waals surface area contributed by atoms with Gasteiger partial charge in [0.05, 0.1) is 50.1 Å². The summed E-state index contributed by atoms with van der Waals surface area (Å²) in [5.41, 5.74) is 3.94. The number of rotatable bonds is 11. The first-order valence-electron chi connectivity index (χ1n) is 16.1. The molecule has 258 valence electrons. The van der Waals surface area contributed by atoms with Crippen LogP contribution in [0.3, 0.4) is 0 Å². The third kappa shape index (κ3) is 8.22. The van der Waals surface area contributed by atoms with E-state index in [0.29, 0.717) is 60.1 Å². The maximum atomic E-state index is 16.5. The number of carbonyl (C=O) groups is 4. The van der Waals surface area contributed by atoms with Crippen LogP contribution in [0.15, 0.2) is 0 Å². The van der Waals surface area contributed by atoms with Gasteiger partial charge in [-0.25, -0.2) is 17.9 Å². The maximum Gasteiger partial charge on any atom is 0.310 e. The molecule has 0 spiro atoms. The normalized spacial score (nSPS) is 20.0. The van der Waals surface area contributed by atoms with Gasteiger partial charge >= 0.3 is 11.9 Å². The Bertz CT molecular complexity index is 1570. The van der Waals surface area contributed by atoms with Gasteiger partial charge in [0.25, 0.3) is 5.91 Å². The molecule has 1 atom stereocenters. The number of benzene rings is 1. The number of likely N-dealkylation sites (N-methyl/N-ethyl adjacent to an activating group) is 1. The first-order valence-corrected chi connectivity index (χ1v) is 16.1. The SMILES string of the molecule is CCc1nn(-c2c(F)c(F)c(C(N)=O)c(CC3CCC(OC(=O)CC(C[N+](C)(C)C)OC(C)=O)CC3)c2F)c2c1C(=O)CC(C)(C)C2. The number of carbonyl (C=O) groups excluding carboxylic acids is 4. The van der Waals surface area contributed by atoms with Crippen molar-refractivity contribution in [2.45, 2.75) is 97.7 Å². The molecule has 2 aliphatic carbocycles. The molecule has 1 amide bonds. The van der Waals surface area contributed by atoms with Crippen molar-refractivity contribution in [2.75, 3.05) is 27.7 Å². The molecule has 47 heavy (non-hydrogen) atoms. The van der Waals surface area contributed by atoms with Crippen molar-refractivity contribution in [2.24, 2.45) is 17.1 Å². The first kappa shape index (κ1) is 36.1. The van der Waals surface area contributed by atoms with Crippen molar-refractivity contribution in [1.82, 2.24) is 9.78 Å². The van der Waals surface area contributed by atoms with Gasteiger partial charge in [0.15, 0.2) is 29.3 Å². The molecule has 4 rings (SSSR count). The number of ketones is 1. The maximum absolute atomic E-state index is 16.5. The smallest absolute Gasteiger partial charge is 0.310 e. The molecular weight excluding hydrogens is 617 g/mol. The van der Waals surface area contributed by atoms with Crippen LogP contribution in [0.2, 0.25) is 0 Å². The minimum atomic E-state index is -1.60. The summed E-state index contributed by atoms with van der Waals surface area (Å²) in [5, 5.41) is 4.37. The number of amides is 1. The number of ether oxygens (including phenoxy) is 2. The topological polar surface area (TPSA) is 131 Å². The number of primary amides is 1. The van der Waals surface area contributed by atoms with Gasteiger partial charge in [0, 0.05) is 18.9 Å². The number of fused-ring (bicyclic) bond motifs is 1. The molecule has 2 aliphatic rings. The standard InChI is InChI=1S/C34H45F3N4O6/c1-8-23-28-24(15-34(3,4)16-25(28)43)40(39-23)32-29(35)22(27(33(38)45)30(36)31(32)37)13-19-9-11-20(12-10-19)47-26(44)14-21(46-18(2)42)17-41(5,6)7/h19-21H,8-17H2,1-7H3,(H-,38,45)/p+1. The summed E-state index contributed by atoms with van der Waals surface area (Å²) < 4.78 is 60.2. The second-order valence-corrected chi connectivity index (χ2v) is 14.7. The van der Waals surface area contributed by atoms with Crippen molar-refractivity contribution in [1.29, 1.82) is 0 Å². The highest BCUT2D eigenvalue weighted by molar-refractivity contribution is 6.00. The zero-order chi connectivity index (χ0) is 35.0. The van der Waals surface area contributed by atoms with Crippen molar-refractivity contribution in [3.8, 4) is 5.69 Å². The van der Waals surface area contributed by atoms with E-state index in [4.69, 9.17) is 15.2 Å². The molecule has 1 fully saturated rings. The van der Waals surface area contributed by atoms with Crippen molar-refractivity contribution in [3.05, 3.63) is 45.5 Å². The Labute approximate surface area is 273 Å². The predicted molar refractivity (Wildman–Crippen MR) is 166 cm³/mol. The minimum Gasteiger partial charge on any atom is -0.462 e. The Morgan fingerprint density at radius 1 is 1.04 bits per heavy atom. The molecule has 0 radical (unpaired) electrons. The van der Waals surface area contributed by atoms with Gasteiger partial charge < -0.3 is 19.7 Å². The van der Waals surface area contributed by atoms with E-state index in [9.17, 15) is 19.2 Å². The fourth-order valence-electron chi connectivity index (χ4n) is 6.94. The van der Waals surface area contributed by atoms with E-state index in [-0.39, 0.29) is 42.9 Å². The summed E-state index contributed by atoms with van der Waals surface area (Å²) in [5.74, 6) is -7.05. The van der Waals surface area contributed by atoms with Crippen LogP contribution >= 0.6 is 0 Å². The van der Waals surface area contributed by atoms with Crippen LogP contribution in [0.25, 0.3) is 5.69 Å². The first-order chi connectivity index (χ1) is 21.8. The highest BCUT2D eigenvalue weighted by Gasteiger charge is 2.39. The van der Waals surface area contributed by atoms with E-state index < -0.39 is 64.2 Å². The lowest BCUT2D eigenvalue weighted by Crippen LogP contribution is -2.44. The van der Waals surface area contributed by atoms with Crippen LogP contribution in [0.4, 0.5) is 13.2 Å². The van der Waals surface area contributed by atoms with E-state index in [0.717, 1.165) is 4.68 Å². The van der Waals surface area contributed by atoms with Crippen molar-refractivity contribution < 1.29 is 46.3 Å². The lowest BCUT2D eigenvalue weighted by Gasteiger charge is -2.31. The van der Waals surface area contributed by atoms with E-state index in [1.807, 2.05) is 35.0 Å². The molecule has 0 saturated heterocycles. The summed E-state index contributed by atoms with van der Waals surface area (Å²) >= 11 is 0. The second-order valence-electron chi connectivity index (χ2n) is 14.7. The summed E-state index contributed by atoms with van der Waals surface area (Å²) in [6.45, 7) is 7.20. The molecule has 2 N–H and O–H groups in total. The van der Waals surface area contributed by atoms with Crippen LogP contribution in [0.1, 0.15) is 104 Å². The molecule has 1 heterocycles. The van der Waals surface area contributed by atoms with Gasteiger partial charge in [-0.15, -0.1) is 0 Å². The van der Waals surface area contributed by atoms with Gasteiger partial charge in [-0.2, -0.15) is 5.10 Å². The molecule has 10 nitrogen and oxygen atoms in total. The summed E-state index contributed by atoms with van der Waals surface area (Å²) in [7, 11) is 5.75. The third-order valence-corrected chi connectivity index (χ3v) is 8.87. The molecule has 13 heteroatoms.